The first kappa shape index (κ1) is 15.0. The van der Waals surface area contributed by atoms with Crippen molar-refractivity contribution >= 4 is 15.7 Å². The van der Waals surface area contributed by atoms with Gasteiger partial charge in [0.2, 0.25) is 0 Å². The van der Waals surface area contributed by atoms with E-state index in [2.05, 4.69) is 0 Å². The van der Waals surface area contributed by atoms with Gasteiger partial charge >= 0.3 is 0 Å². The Morgan fingerprint density at radius 3 is 2.48 bits per heavy atom. The van der Waals surface area contributed by atoms with E-state index in [9.17, 15) is 12.8 Å². The van der Waals surface area contributed by atoms with Crippen LogP contribution in [-0.2, 0) is 10.0 Å². The maximum absolute atomic E-state index is 13.3. The Hall–Kier alpha value is -2.39. The number of benzene rings is 2. The SMILES string of the molecule is Cc1ccccc1N(C)S(=O)(=O)c1ccc(F)c(C#N)c1. The summed E-state index contributed by atoms with van der Waals surface area (Å²) in [5.41, 5.74) is 1.03. The fourth-order valence-electron chi connectivity index (χ4n) is 1.95. The molecular weight excluding hydrogens is 291 g/mol. The number of hydrogen-bond acceptors (Lipinski definition) is 3. The molecule has 0 heterocycles. The van der Waals surface area contributed by atoms with E-state index in [1.54, 1.807) is 31.2 Å². The van der Waals surface area contributed by atoms with E-state index in [1.165, 1.54) is 7.05 Å². The summed E-state index contributed by atoms with van der Waals surface area (Å²) in [6, 6.07) is 11.8. The van der Waals surface area contributed by atoms with E-state index in [1.807, 2.05) is 6.07 Å². The molecule has 0 saturated heterocycles. The number of rotatable bonds is 3. The lowest BCUT2D eigenvalue weighted by atomic mass is 10.2. The highest BCUT2D eigenvalue weighted by molar-refractivity contribution is 7.92. The number of nitriles is 1. The summed E-state index contributed by atoms with van der Waals surface area (Å²) < 4.78 is 39.6. The molecule has 2 rings (SSSR count). The maximum atomic E-state index is 13.3. The zero-order valence-electron chi connectivity index (χ0n) is 11.5. The first-order valence-corrected chi connectivity index (χ1v) is 7.56. The first-order chi connectivity index (χ1) is 9.87. The summed E-state index contributed by atoms with van der Waals surface area (Å²) in [6.45, 7) is 1.80. The van der Waals surface area contributed by atoms with E-state index in [0.29, 0.717) is 5.69 Å². The molecule has 4 nitrogen and oxygen atoms in total. The van der Waals surface area contributed by atoms with Gasteiger partial charge in [0, 0.05) is 7.05 Å². The van der Waals surface area contributed by atoms with Gasteiger partial charge in [0.05, 0.1) is 16.1 Å². The van der Waals surface area contributed by atoms with Crippen LogP contribution in [0.25, 0.3) is 0 Å². The molecule has 0 aliphatic rings. The molecule has 0 fully saturated rings. The molecule has 0 N–H and O–H groups in total. The van der Waals surface area contributed by atoms with Gasteiger partial charge in [0.15, 0.2) is 0 Å². The highest BCUT2D eigenvalue weighted by Crippen LogP contribution is 2.25. The summed E-state index contributed by atoms with van der Waals surface area (Å²) in [4.78, 5) is -0.119. The monoisotopic (exact) mass is 304 g/mol. The molecule has 0 spiro atoms. The second kappa shape index (κ2) is 5.54. The van der Waals surface area contributed by atoms with Gasteiger partial charge in [0.1, 0.15) is 11.9 Å². The Morgan fingerprint density at radius 1 is 1.19 bits per heavy atom. The van der Waals surface area contributed by atoms with Gasteiger partial charge in [-0.15, -0.1) is 0 Å². The van der Waals surface area contributed by atoms with Gasteiger partial charge in [-0.1, -0.05) is 18.2 Å². The molecule has 21 heavy (non-hydrogen) atoms. The van der Waals surface area contributed by atoms with Crippen molar-refractivity contribution in [2.24, 2.45) is 0 Å². The number of aryl methyl sites for hydroxylation is 1. The minimum atomic E-state index is -3.85. The van der Waals surface area contributed by atoms with Crippen molar-refractivity contribution in [3.63, 3.8) is 0 Å². The summed E-state index contributed by atoms with van der Waals surface area (Å²) >= 11 is 0. The third-order valence-electron chi connectivity index (χ3n) is 3.17. The molecule has 108 valence electrons. The second-order valence-corrected chi connectivity index (χ2v) is 6.48. The normalized spacial score (nSPS) is 11.0. The summed E-state index contributed by atoms with van der Waals surface area (Å²) in [6.07, 6.45) is 0. The first-order valence-electron chi connectivity index (χ1n) is 6.12. The van der Waals surface area contributed by atoms with Crippen molar-refractivity contribution in [2.75, 3.05) is 11.4 Å². The van der Waals surface area contributed by atoms with Crippen molar-refractivity contribution in [1.82, 2.24) is 0 Å². The summed E-state index contributed by atoms with van der Waals surface area (Å²) in [7, 11) is -2.42. The molecule has 0 atom stereocenters. The van der Waals surface area contributed by atoms with E-state index >= 15 is 0 Å². The number of halogens is 1. The number of anilines is 1. The van der Waals surface area contributed by atoms with Gasteiger partial charge in [-0.2, -0.15) is 5.26 Å². The van der Waals surface area contributed by atoms with E-state index < -0.39 is 15.8 Å². The molecule has 6 heteroatoms. The molecule has 0 unspecified atom stereocenters. The Morgan fingerprint density at radius 2 is 1.86 bits per heavy atom. The van der Waals surface area contributed by atoms with Crippen LogP contribution < -0.4 is 4.31 Å². The van der Waals surface area contributed by atoms with Crippen molar-refractivity contribution in [2.45, 2.75) is 11.8 Å². The van der Waals surface area contributed by atoms with E-state index in [0.717, 1.165) is 28.1 Å². The zero-order chi connectivity index (χ0) is 15.6. The average molecular weight is 304 g/mol. The van der Waals surface area contributed by atoms with Crippen molar-refractivity contribution in [3.05, 3.63) is 59.4 Å². The predicted octanol–water partition coefficient (Wildman–Crippen LogP) is 2.83. The summed E-state index contributed by atoms with van der Waals surface area (Å²) in [5.74, 6) is -0.741. The average Bonchev–Trinajstić information content (AvgIpc) is 2.47. The van der Waals surface area contributed by atoms with Crippen LogP contribution in [0.2, 0.25) is 0 Å². The van der Waals surface area contributed by atoms with Crippen LogP contribution in [0.4, 0.5) is 10.1 Å². The molecule has 0 aliphatic heterocycles. The lowest BCUT2D eigenvalue weighted by molar-refractivity contribution is 0.592. The molecule has 2 aromatic carbocycles. The standard InChI is InChI=1S/C15H13FN2O2S/c1-11-5-3-4-6-15(11)18(2)21(19,20)13-7-8-14(16)12(9-13)10-17/h3-9H,1-2H3. The Bertz CT molecular complexity index is 826. The second-order valence-electron chi connectivity index (χ2n) is 4.51. The Balaban J connectivity index is 2.53. The molecule has 0 bridgehead atoms. The van der Waals surface area contributed by atoms with Crippen LogP contribution >= 0.6 is 0 Å². The number of sulfonamides is 1. The fourth-order valence-corrected chi connectivity index (χ4v) is 3.24. The molecule has 0 saturated carbocycles. The predicted molar refractivity (Wildman–Crippen MR) is 77.9 cm³/mol. The van der Waals surface area contributed by atoms with Crippen LogP contribution in [0, 0.1) is 24.1 Å². The quantitative estimate of drug-likeness (QED) is 0.876. The topological polar surface area (TPSA) is 61.2 Å². The van der Waals surface area contributed by atoms with Gasteiger partial charge in [-0.25, -0.2) is 12.8 Å². The largest absolute Gasteiger partial charge is 0.269 e. The number of hydrogen-bond donors (Lipinski definition) is 0. The van der Waals surface area contributed by atoms with Gasteiger partial charge in [0.25, 0.3) is 10.0 Å². The van der Waals surface area contributed by atoms with Crippen LogP contribution in [-0.4, -0.2) is 15.5 Å². The van der Waals surface area contributed by atoms with Gasteiger partial charge < -0.3 is 0 Å². The minimum Gasteiger partial charge on any atom is -0.269 e. The number of para-hydroxylation sites is 1. The molecule has 0 aromatic heterocycles. The van der Waals surface area contributed by atoms with Crippen molar-refractivity contribution < 1.29 is 12.8 Å². The molecule has 0 aliphatic carbocycles. The Kier molecular flexibility index (Phi) is 3.96. The minimum absolute atomic E-state index is 0.119. The van der Waals surface area contributed by atoms with Crippen molar-refractivity contribution in [3.8, 4) is 6.07 Å². The van der Waals surface area contributed by atoms with Gasteiger partial charge in [-0.05, 0) is 36.8 Å². The molecule has 0 amide bonds. The van der Waals surface area contributed by atoms with Crippen LogP contribution in [0.3, 0.4) is 0 Å². The third kappa shape index (κ3) is 2.73. The smallest absolute Gasteiger partial charge is 0.264 e. The maximum Gasteiger partial charge on any atom is 0.264 e. The molecule has 2 aromatic rings. The number of nitrogens with zero attached hydrogens (tertiary/aromatic N) is 2. The van der Waals surface area contributed by atoms with E-state index in [-0.39, 0.29) is 10.5 Å². The van der Waals surface area contributed by atoms with Crippen LogP contribution in [0.15, 0.2) is 47.4 Å². The third-order valence-corrected chi connectivity index (χ3v) is 4.94. The van der Waals surface area contributed by atoms with Gasteiger partial charge in [-0.3, -0.25) is 4.31 Å². The molecule has 0 radical (unpaired) electrons. The van der Waals surface area contributed by atoms with Crippen molar-refractivity contribution in [1.29, 1.82) is 5.26 Å². The highest BCUT2D eigenvalue weighted by atomic mass is 32.2. The lowest BCUT2D eigenvalue weighted by Crippen LogP contribution is -2.27. The molecular formula is C15H13FN2O2S. The highest BCUT2D eigenvalue weighted by Gasteiger charge is 2.23. The summed E-state index contributed by atoms with van der Waals surface area (Å²) in [5, 5.41) is 8.81. The fraction of sp³-hybridized carbons (Fsp3) is 0.133. The lowest BCUT2D eigenvalue weighted by Gasteiger charge is -2.21. The van der Waals surface area contributed by atoms with E-state index in [4.69, 9.17) is 5.26 Å². The zero-order valence-corrected chi connectivity index (χ0v) is 12.4. The van der Waals surface area contributed by atoms with Crippen LogP contribution in [0.1, 0.15) is 11.1 Å². The Labute approximate surface area is 123 Å². The van der Waals surface area contributed by atoms with Crippen LogP contribution in [0.5, 0.6) is 0 Å².